The van der Waals surface area contributed by atoms with Crippen LogP contribution in [0.3, 0.4) is 0 Å². The molecule has 17 heavy (non-hydrogen) atoms. The molecule has 1 aromatic carbocycles. The minimum absolute atomic E-state index is 0.284. The first-order valence-electron chi connectivity index (χ1n) is 4.75. The number of nitrogens with one attached hydrogen (secondary N) is 1. The molecule has 0 radical (unpaired) electrons. The van der Waals surface area contributed by atoms with Crippen molar-refractivity contribution in [1.82, 2.24) is 10.2 Å². The van der Waals surface area contributed by atoms with Crippen LogP contribution in [0.4, 0.5) is 15.9 Å². The number of hydrogen-bond acceptors (Lipinski definition) is 4. The van der Waals surface area contributed by atoms with Crippen molar-refractivity contribution in [2.75, 3.05) is 5.73 Å². The molecule has 0 spiro atoms. The molecule has 7 heteroatoms. The molecule has 3 N–H and O–H groups in total. The van der Waals surface area contributed by atoms with E-state index in [0.717, 1.165) is 6.07 Å². The van der Waals surface area contributed by atoms with Crippen molar-refractivity contribution in [2.45, 2.75) is 6.92 Å². The number of hydrogen-bond donors (Lipinski definition) is 2. The SMILES string of the molecule is Cc1c(N)n[nH]c1-c1cc(F)cc([N+](=O)[O-])c1. The first-order valence-corrected chi connectivity index (χ1v) is 4.75. The van der Waals surface area contributed by atoms with Gasteiger partial charge in [-0.3, -0.25) is 15.2 Å². The van der Waals surface area contributed by atoms with Crippen LogP contribution in [0.1, 0.15) is 5.56 Å². The number of rotatable bonds is 2. The highest BCUT2D eigenvalue weighted by atomic mass is 19.1. The van der Waals surface area contributed by atoms with E-state index in [-0.39, 0.29) is 11.5 Å². The zero-order valence-corrected chi connectivity index (χ0v) is 8.90. The van der Waals surface area contributed by atoms with Crippen molar-refractivity contribution < 1.29 is 9.31 Å². The number of nitrogens with two attached hydrogens (primary N) is 1. The fraction of sp³-hybridized carbons (Fsp3) is 0.100. The van der Waals surface area contributed by atoms with Crippen LogP contribution in [0.15, 0.2) is 18.2 Å². The number of nitro groups is 1. The summed E-state index contributed by atoms with van der Waals surface area (Å²) >= 11 is 0. The van der Waals surface area contributed by atoms with Crippen LogP contribution in [0.5, 0.6) is 0 Å². The second-order valence-electron chi connectivity index (χ2n) is 3.56. The first kappa shape index (κ1) is 11.1. The second kappa shape index (κ2) is 3.85. The largest absolute Gasteiger partial charge is 0.382 e. The van der Waals surface area contributed by atoms with Crippen molar-refractivity contribution in [1.29, 1.82) is 0 Å². The average Bonchev–Trinajstić information content (AvgIpc) is 2.59. The van der Waals surface area contributed by atoms with Crippen molar-refractivity contribution >= 4 is 11.5 Å². The van der Waals surface area contributed by atoms with Gasteiger partial charge in [0.15, 0.2) is 0 Å². The number of H-pyrrole nitrogens is 1. The zero-order chi connectivity index (χ0) is 12.6. The summed E-state index contributed by atoms with van der Waals surface area (Å²) in [5, 5.41) is 17.0. The molecule has 0 atom stereocenters. The number of aromatic nitrogens is 2. The van der Waals surface area contributed by atoms with Crippen molar-refractivity contribution in [3.63, 3.8) is 0 Å². The van der Waals surface area contributed by atoms with Crippen LogP contribution in [-0.4, -0.2) is 15.1 Å². The molecule has 0 fully saturated rings. The number of nitro benzene ring substituents is 1. The predicted octanol–water partition coefficient (Wildman–Crippen LogP) is 2.01. The van der Waals surface area contributed by atoms with E-state index in [1.165, 1.54) is 12.1 Å². The number of aromatic amines is 1. The van der Waals surface area contributed by atoms with Gasteiger partial charge in [0.2, 0.25) is 0 Å². The van der Waals surface area contributed by atoms with Gasteiger partial charge < -0.3 is 5.73 Å². The third-order valence-corrected chi connectivity index (χ3v) is 2.43. The predicted molar refractivity (Wildman–Crippen MR) is 59.8 cm³/mol. The van der Waals surface area contributed by atoms with Gasteiger partial charge >= 0.3 is 0 Å². The maximum absolute atomic E-state index is 13.2. The van der Waals surface area contributed by atoms with Crippen molar-refractivity contribution in [2.24, 2.45) is 0 Å². The Bertz CT molecular complexity index is 594. The van der Waals surface area contributed by atoms with Crippen LogP contribution < -0.4 is 5.73 Å². The van der Waals surface area contributed by atoms with E-state index in [0.29, 0.717) is 16.8 Å². The van der Waals surface area contributed by atoms with Crippen LogP contribution in [0.2, 0.25) is 0 Å². The highest BCUT2D eigenvalue weighted by Gasteiger charge is 2.14. The van der Waals surface area contributed by atoms with E-state index in [1.807, 2.05) is 0 Å². The third kappa shape index (κ3) is 1.94. The highest BCUT2D eigenvalue weighted by Crippen LogP contribution is 2.28. The maximum Gasteiger partial charge on any atom is 0.273 e. The molecule has 0 amide bonds. The molecule has 0 saturated carbocycles. The molecule has 0 unspecified atom stereocenters. The summed E-state index contributed by atoms with van der Waals surface area (Å²) in [5.41, 5.74) is 6.68. The Morgan fingerprint density at radius 2 is 2.18 bits per heavy atom. The van der Waals surface area contributed by atoms with Crippen LogP contribution >= 0.6 is 0 Å². The monoisotopic (exact) mass is 236 g/mol. The molecule has 2 rings (SSSR count). The Balaban J connectivity index is 2.60. The van der Waals surface area contributed by atoms with Gasteiger partial charge in [0.25, 0.3) is 5.69 Å². The summed E-state index contributed by atoms with van der Waals surface area (Å²) in [4.78, 5) is 9.96. The number of halogens is 1. The van der Waals surface area contributed by atoms with Gasteiger partial charge in [0.05, 0.1) is 16.7 Å². The van der Waals surface area contributed by atoms with Gasteiger partial charge in [-0.05, 0) is 13.0 Å². The van der Waals surface area contributed by atoms with Gasteiger partial charge in [-0.2, -0.15) is 5.10 Å². The Morgan fingerprint density at radius 3 is 2.71 bits per heavy atom. The maximum atomic E-state index is 13.2. The first-order chi connectivity index (χ1) is 7.99. The quantitative estimate of drug-likeness (QED) is 0.615. The summed E-state index contributed by atoms with van der Waals surface area (Å²) in [6, 6.07) is 3.31. The lowest BCUT2D eigenvalue weighted by molar-refractivity contribution is -0.385. The number of nitrogens with zero attached hydrogens (tertiary/aromatic N) is 2. The summed E-state index contributed by atoms with van der Waals surface area (Å²) in [7, 11) is 0. The normalized spacial score (nSPS) is 10.5. The third-order valence-electron chi connectivity index (χ3n) is 2.43. The summed E-state index contributed by atoms with van der Waals surface area (Å²) in [6.07, 6.45) is 0. The van der Waals surface area contributed by atoms with E-state index in [1.54, 1.807) is 6.92 Å². The fourth-order valence-electron chi connectivity index (χ4n) is 1.52. The molecule has 1 aromatic heterocycles. The lowest BCUT2D eigenvalue weighted by atomic mass is 10.1. The molecule has 0 bridgehead atoms. The molecule has 6 nitrogen and oxygen atoms in total. The number of benzene rings is 1. The minimum Gasteiger partial charge on any atom is -0.382 e. The summed E-state index contributed by atoms with van der Waals surface area (Å²) in [6.45, 7) is 1.70. The molecule has 2 aromatic rings. The second-order valence-corrected chi connectivity index (χ2v) is 3.56. The van der Waals surface area contributed by atoms with Crippen molar-refractivity contribution in [3.05, 3.63) is 39.7 Å². The lowest BCUT2D eigenvalue weighted by Crippen LogP contribution is -1.91. The van der Waals surface area contributed by atoms with Crippen LogP contribution in [0, 0.1) is 22.9 Å². The van der Waals surface area contributed by atoms with Gasteiger partial charge in [0.1, 0.15) is 11.6 Å². The van der Waals surface area contributed by atoms with E-state index in [4.69, 9.17) is 5.73 Å². The fourth-order valence-corrected chi connectivity index (χ4v) is 1.52. The van der Waals surface area contributed by atoms with E-state index in [2.05, 4.69) is 10.2 Å². The molecule has 0 aliphatic carbocycles. The average molecular weight is 236 g/mol. The molecular weight excluding hydrogens is 227 g/mol. The van der Waals surface area contributed by atoms with Gasteiger partial charge in [-0.25, -0.2) is 4.39 Å². The van der Waals surface area contributed by atoms with Crippen molar-refractivity contribution in [3.8, 4) is 11.3 Å². The Labute approximate surface area is 95.4 Å². The van der Waals surface area contributed by atoms with E-state index >= 15 is 0 Å². The van der Waals surface area contributed by atoms with Gasteiger partial charge in [-0.15, -0.1) is 0 Å². The molecule has 0 saturated heterocycles. The Morgan fingerprint density at radius 1 is 1.47 bits per heavy atom. The van der Waals surface area contributed by atoms with E-state index < -0.39 is 10.7 Å². The smallest absolute Gasteiger partial charge is 0.273 e. The lowest BCUT2D eigenvalue weighted by Gasteiger charge is -2.00. The number of non-ortho nitro benzene ring substituents is 1. The van der Waals surface area contributed by atoms with Crippen LogP contribution in [-0.2, 0) is 0 Å². The van der Waals surface area contributed by atoms with Gasteiger partial charge in [-0.1, -0.05) is 0 Å². The topological polar surface area (TPSA) is 97.8 Å². The molecular formula is C10H9FN4O2. The summed E-state index contributed by atoms with van der Waals surface area (Å²) < 4.78 is 13.2. The number of anilines is 1. The molecule has 1 heterocycles. The Hall–Kier alpha value is -2.44. The minimum atomic E-state index is -0.679. The molecule has 0 aliphatic heterocycles. The standard InChI is InChI=1S/C10H9FN4O2/c1-5-9(13-14-10(5)12)6-2-7(11)4-8(3-6)15(16)17/h2-4H,1H3,(H3,12,13,14). The Kier molecular flexibility index (Phi) is 2.51. The van der Waals surface area contributed by atoms with E-state index in [9.17, 15) is 14.5 Å². The highest BCUT2D eigenvalue weighted by molar-refractivity contribution is 5.69. The van der Waals surface area contributed by atoms with Crippen LogP contribution in [0.25, 0.3) is 11.3 Å². The van der Waals surface area contributed by atoms with Gasteiger partial charge in [0, 0.05) is 17.2 Å². The summed E-state index contributed by atoms with van der Waals surface area (Å²) in [5.74, 6) is -0.395. The molecule has 88 valence electrons. The number of nitrogen functional groups attached to an aromatic ring is 1. The zero-order valence-electron chi connectivity index (χ0n) is 8.90. The molecule has 0 aliphatic rings.